The third-order valence-electron chi connectivity index (χ3n) is 7.92. The minimum atomic E-state index is -0.732. The molecule has 224 valence electrons. The molecule has 2 aliphatic rings. The SMILES string of the molecule is CC(=O)c1nn(CC(=O)N2[C@H](C(=O)Nc3nc(Br)ccc3C)C[C@@]3(C)[I-][C@@H]23)c2c(C)cc(-c3cnc(C(C)O)cn3)cc12. The number of aryl methyl sites for hydroxylation is 2. The number of carbonyl (C=O) groups is 3. The van der Waals surface area contributed by atoms with Crippen molar-refractivity contribution in [2.24, 2.45) is 0 Å². The van der Waals surface area contributed by atoms with Crippen molar-refractivity contribution in [3.05, 3.63) is 63.8 Å². The predicted molar refractivity (Wildman–Crippen MR) is 159 cm³/mol. The molecule has 2 amide bonds. The molecule has 0 saturated carbocycles. The van der Waals surface area contributed by atoms with Crippen molar-refractivity contribution in [1.29, 1.82) is 0 Å². The summed E-state index contributed by atoms with van der Waals surface area (Å²) in [6.45, 7) is 8.90. The molecule has 6 rings (SSSR count). The molecule has 2 N–H and O–H groups in total. The van der Waals surface area contributed by atoms with Gasteiger partial charge in [-0.3, -0.25) is 0 Å². The van der Waals surface area contributed by atoms with Crippen LogP contribution in [0.5, 0.6) is 0 Å². The molecule has 3 aromatic heterocycles. The molecule has 13 heteroatoms. The molecule has 5 heterocycles. The molecule has 2 saturated heterocycles. The molecule has 2 fully saturated rings. The van der Waals surface area contributed by atoms with Gasteiger partial charge in [0.1, 0.15) is 0 Å². The summed E-state index contributed by atoms with van der Waals surface area (Å²) in [6.07, 6.45) is 3.00. The van der Waals surface area contributed by atoms with Gasteiger partial charge in [0, 0.05) is 0 Å². The number of likely N-dealkylation sites (tertiary alicyclic amines) is 1. The van der Waals surface area contributed by atoms with Gasteiger partial charge in [-0.2, -0.15) is 0 Å². The molecule has 2 aliphatic heterocycles. The summed E-state index contributed by atoms with van der Waals surface area (Å²) in [4.78, 5) is 55.0. The normalized spacial score (nSPS) is 21.7. The number of anilines is 1. The number of Topliss-reactive ketones (excluding diaryl/α,β-unsaturated/α-hetero) is 1. The second-order valence-corrected chi connectivity index (χ2v) is 16.4. The van der Waals surface area contributed by atoms with Gasteiger partial charge < -0.3 is 5.11 Å². The molecule has 11 nitrogen and oxygen atoms in total. The number of fused-ring (bicyclic) bond motifs is 2. The zero-order valence-corrected chi connectivity index (χ0v) is 28.0. The van der Waals surface area contributed by atoms with E-state index in [-0.39, 0.29) is 58.5 Å². The van der Waals surface area contributed by atoms with Gasteiger partial charge in [0.15, 0.2) is 0 Å². The Labute approximate surface area is 266 Å². The van der Waals surface area contributed by atoms with Gasteiger partial charge in [-0.1, -0.05) is 0 Å². The second kappa shape index (κ2) is 11.0. The van der Waals surface area contributed by atoms with E-state index in [9.17, 15) is 19.5 Å². The van der Waals surface area contributed by atoms with Gasteiger partial charge in [-0.25, -0.2) is 0 Å². The summed E-state index contributed by atoms with van der Waals surface area (Å²) in [5.41, 5.74) is 4.38. The van der Waals surface area contributed by atoms with Crippen molar-refractivity contribution in [3.63, 3.8) is 0 Å². The molecule has 0 aliphatic carbocycles. The number of ketones is 1. The molecule has 4 aromatic rings. The van der Waals surface area contributed by atoms with Gasteiger partial charge in [0.2, 0.25) is 0 Å². The standard InChI is InChI=1S/C30H30BrIN7O4/c1-14-6-7-23(31)35-27(14)36-28(43)22-10-30(5)29(32-30)39(22)24(42)13-38-26-15(2)8-18(9-19(26)25(37-38)17(4)41)21-12-33-20(11-34-21)16(3)40/h6-9,11-12,16,22,29,40H,10,13H2,1-5H3,(H,35,36,43)/q-1/t16?,22-,29-,30+/m0/s1. The molecule has 1 aromatic carbocycles. The number of amides is 2. The average molecular weight is 759 g/mol. The molecular formula is C30H30BrIN7O4-. The van der Waals surface area contributed by atoms with Crippen LogP contribution in [0.2, 0.25) is 0 Å². The number of hydrogen-bond donors (Lipinski definition) is 2. The maximum atomic E-state index is 13.9. The van der Waals surface area contributed by atoms with E-state index in [1.807, 2.05) is 38.1 Å². The topological polar surface area (TPSA) is 143 Å². The van der Waals surface area contributed by atoms with E-state index >= 15 is 0 Å². The first-order valence-electron chi connectivity index (χ1n) is 13.8. The van der Waals surface area contributed by atoms with Crippen molar-refractivity contribution in [1.82, 2.24) is 29.6 Å². The van der Waals surface area contributed by atoms with E-state index in [1.165, 1.54) is 13.1 Å². The van der Waals surface area contributed by atoms with Gasteiger partial charge in [0.05, 0.1) is 11.8 Å². The number of nitrogens with one attached hydrogen (secondary N) is 1. The summed E-state index contributed by atoms with van der Waals surface area (Å²) in [5.74, 6) is -0.211. The van der Waals surface area contributed by atoms with Crippen LogP contribution in [0.25, 0.3) is 22.2 Å². The monoisotopic (exact) mass is 758 g/mol. The number of aliphatic hydroxyl groups excluding tert-OH is 1. The molecule has 0 radical (unpaired) electrons. The van der Waals surface area contributed by atoms with Crippen LogP contribution in [0.4, 0.5) is 5.82 Å². The Kier molecular flexibility index (Phi) is 7.62. The van der Waals surface area contributed by atoms with Crippen molar-refractivity contribution in [3.8, 4) is 11.3 Å². The van der Waals surface area contributed by atoms with Gasteiger partial charge in [0.25, 0.3) is 0 Å². The Hall–Kier alpha value is -3.30. The van der Waals surface area contributed by atoms with E-state index in [2.05, 4.69) is 48.2 Å². The van der Waals surface area contributed by atoms with Gasteiger partial charge in [-0.05, 0) is 6.92 Å². The zero-order valence-electron chi connectivity index (χ0n) is 24.2. The minimum absolute atomic E-state index is 0.00222. The number of pyridine rings is 1. The third kappa shape index (κ3) is 5.46. The molecule has 1 unspecified atom stereocenters. The number of hydrogen-bond acceptors (Lipinski definition) is 8. The number of nitrogens with zero attached hydrogens (tertiary/aromatic N) is 6. The van der Waals surface area contributed by atoms with Crippen LogP contribution >= 0.6 is 15.9 Å². The molecule has 4 atom stereocenters. The molecule has 0 spiro atoms. The van der Waals surface area contributed by atoms with Crippen LogP contribution in [-0.4, -0.2) is 65.8 Å². The second-order valence-electron chi connectivity index (χ2n) is 11.3. The van der Waals surface area contributed by atoms with Crippen LogP contribution < -0.4 is 26.5 Å². The Balaban J connectivity index is 1.31. The van der Waals surface area contributed by atoms with Crippen LogP contribution in [0.15, 0.2) is 41.3 Å². The predicted octanol–water partition coefficient (Wildman–Crippen LogP) is 0.951. The maximum absolute atomic E-state index is 13.9. The summed E-state index contributed by atoms with van der Waals surface area (Å²) in [6, 6.07) is 6.83. The Morgan fingerprint density at radius 1 is 1.19 bits per heavy atom. The first-order valence-corrected chi connectivity index (χ1v) is 16.9. The number of benzene rings is 1. The molecule has 0 bridgehead atoms. The first kappa shape index (κ1) is 29.8. The van der Waals surface area contributed by atoms with Crippen LogP contribution in [0, 0.1) is 13.8 Å². The Morgan fingerprint density at radius 3 is 2.63 bits per heavy atom. The first-order chi connectivity index (χ1) is 20.4. The average Bonchev–Trinajstić information content (AvgIpc) is 3.31. The van der Waals surface area contributed by atoms with Gasteiger partial charge >= 0.3 is 244 Å². The van der Waals surface area contributed by atoms with E-state index in [1.54, 1.807) is 22.7 Å². The Bertz CT molecular complexity index is 1810. The number of halogens is 2. The number of rotatable bonds is 7. The van der Waals surface area contributed by atoms with E-state index in [0.717, 1.165) is 16.7 Å². The van der Waals surface area contributed by atoms with E-state index in [4.69, 9.17) is 0 Å². The van der Waals surface area contributed by atoms with Crippen molar-refractivity contribution >= 4 is 50.2 Å². The Morgan fingerprint density at radius 2 is 1.95 bits per heavy atom. The van der Waals surface area contributed by atoms with Crippen molar-refractivity contribution < 1.29 is 40.7 Å². The summed E-state index contributed by atoms with van der Waals surface area (Å²) >= 11 is 3.10. The number of aliphatic hydroxyl groups is 1. The molecular weight excluding hydrogens is 729 g/mol. The molecule has 43 heavy (non-hydrogen) atoms. The number of aromatic nitrogens is 5. The summed E-state index contributed by atoms with van der Waals surface area (Å²) < 4.78 is 2.28. The van der Waals surface area contributed by atoms with E-state index < -0.39 is 12.1 Å². The van der Waals surface area contributed by atoms with Crippen LogP contribution in [0.1, 0.15) is 60.6 Å². The summed E-state index contributed by atoms with van der Waals surface area (Å²) in [5, 5.41) is 17.9. The fraction of sp³-hybridized carbons (Fsp3) is 0.367. The van der Waals surface area contributed by atoms with Crippen LogP contribution in [0.3, 0.4) is 0 Å². The fourth-order valence-electron chi connectivity index (χ4n) is 5.64. The zero-order chi connectivity index (χ0) is 30.8. The van der Waals surface area contributed by atoms with E-state index in [0.29, 0.717) is 39.1 Å². The van der Waals surface area contributed by atoms with Crippen LogP contribution in [-0.2, 0) is 16.1 Å². The third-order valence-corrected chi connectivity index (χ3v) is 12.7. The van der Waals surface area contributed by atoms with Gasteiger partial charge in [-0.15, -0.1) is 0 Å². The summed E-state index contributed by atoms with van der Waals surface area (Å²) in [7, 11) is 0. The van der Waals surface area contributed by atoms with Crippen molar-refractivity contribution in [2.75, 3.05) is 5.32 Å². The quantitative estimate of drug-likeness (QED) is 0.0934. The number of carbonyl (C=O) groups excluding carboxylic acids is 3. The fourth-order valence-corrected chi connectivity index (χ4v) is 9.34. The number of alkyl halides is 2. The van der Waals surface area contributed by atoms with Crippen molar-refractivity contribution in [2.45, 2.75) is 67.2 Å².